The van der Waals surface area contributed by atoms with Gasteiger partial charge < -0.3 is 0 Å². The number of alkyl halides is 1. The zero-order chi connectivity index (χ0) is 5.54. The van der Waals surface area contributed by atoms with Gasteiger partial charge in [-0.25, -0.2) is 0 Å². The molecule has 0 aromatic heterocycles. The maximum absolute atomic E-state index is 3.38. The van der Waals surface area contributed by atoms with E-state index in [0.717, 1.165) is 0 Å². The normalized spacial score (nSPS) is 8.25. The van der Waals surface area contributed by atoms with Crippen LogP contribution in [0.1, 0.15) is 32.6 Å². The SMILES string of the molecule is CCCCCCBr.[Mg+2]. The van der Waals surface area contributed by atoms with Gasteiger partial charge in [-0.15, -0.1) is 0 Å². The van der Waals surface area contributed by atoms with Crippen molar-refractivity contribution in [3.63, 3.8) is 0 Å². The van der Waals surface area contributed by atoms with Crippen LogP contribution in [0.5, 0.6) is 0 Å². The molecule has 0 unspecified atom stereocenters. The van der Waals surface area contributed by atoms with E-state index in [1.54, 1.807) is 0 Å². The second kappa shape index (κ2) is 11.1. The molecule has 8 heavy (non-hydrogen) atoms. The maximum atomic E-state index is 3.38. The first-order valence-corrected chi connectivity index (χ1v) is 4.10. The summed E-state index contributed by atoms with van der Waals surface area (Å²) < 4.78 is 0. The third-order valence-corrected chi connectivity index (χ3v) is 1.55. The Labute approximate surface area is 76.7 Å². The molecule has 2 heteroatoms. The molecule has 0 aromatic rings. The molecule has 0 radical (unpaired) electrons. The molecule has 0 fully saturated rings. The molecule has 0 bridgehead atoms. The van der Waals surface area contributed by atoms with Gasteiger partial charge in [0, 0.05) is 5.33 Å². The number of unbranched alkanes of at least 4 members (excludes halogenated alkanes) is 3. The molecule has 0 saturated heterocycles. The molecule has 0 spiro atoms. The quantitative estimate of drug-likeness (QED) is 0.362. The molecule has 0 nitrogen and oxygen atoms in total. The van der Waals surface area contributed by atoms with E-state index >= 15 is 0 Å². The fourth-order valence-electron chi connectivity index (χ4n) is 0.521. The molecule has 44 valence electrons. The molecule has 0 aliphatic heterocycles. The fraction of sp³-hybridized carbons (Fsp3) is 1.00. The Balaban J connectivity index is 0. The Morgan fingerprint density at radius 2 is 1.75 bits per heavy atom. The number of rotatable bonds is 4. The van der Waals surface area contributed by atoms with Gasteiger partial charge in [0.15, 0.2) is 0 Å². The van der Waals surface area contributed by atoms with Crippen molar-refractivity contribution in [1.29, 1.82) is 0 Å². The smallest absolute Gasteiger partial charge is 0.0928 e. The molecule has 0 aliphatic carbocycles. The Kier molecular flexibility index (Phi) is 16.6. The first-order chi connectivity index (χ1) is 3.41. The Hall–Kier alpha value is 1.25. The van der Waals surface area contributed by atoms with Crippen LogP contribution in [0.4, 0.5) is 0 Å². The van der Waals surface area contributed by atoms with E-state index < -0.39 is 0 Å². The average molecular weight is 189 g/mol. The summed E-state index contributed by atoms with van der Waals surface area (Å²) in [6, 6.07) is 0. The molecule has 0 aromatic carbocycles. The first-order valence-electron chi connectivity index (χ1n) is 2.97. The van der Waals surface area contributed by atoms with Gasteiger partial charge in [0.05, 0.1) is 0 Å². The van der Waals surface area contributed by atoms with Gasteiger partial charge in [-0.05, 0) is 6.42 Å². The van der Waals surface area contributed by atoms with Crippen molar-refractivity contribution in [2.75, 3.05) is 5.33 Å². The minimum atomic E-state index is 0. The van der Waals surface area contributed by atoms with Gasteiger partial charge in [0.1, 0.15) is 0 Å². The van der Waals surface area contributed by atoms with Gasteiger partial charge in [-0.1, -0.05) is 42.1 Å². The zero-order valence-corrected chi connectivity index (χ0v) is 8.62. The fourth-order valence-corrected chi connectivity index (χ4v) is 0.918. The summed E-state index contributed by atoms with van der Waals surface area (Å²) >= 11 is 3.38. The monoisotopic (exact) mass is 188 g/mol. The van der Waals surface area contributed by atoms with Crippen molar-refractivity contribution in [1.82, 2.24) is 0 Å². The largest absolute Gasteiger partial charge is 2.00 e. The van der Waals surface area contributed by atoms with Crippen LogP contribution in [0.3, 0.4) is 0 Å². The van der Waals surface area contributed by atoms with Crippen molar-refractivity contribution in [2.45, 2.75) is 32.6 Å². The molecular formula is C6H13BrMg+2. The third-order valence-electron chi connectivity index (χ3n) is 0.987. The molecule has 0 amide bonds. The van der Waals surface area contributed by atoms with Crippen molar-refractivity contribution in [3.05, 3.63) is 0 Å². The minimum Gasteiger partial charge on any atom is -0.0928 e. The number of hydrogen-bond donors (Lipinski definition) is 0. The second-order valence-electron chi connectivity index (χ2n) is 1.75. The van der Waals surface area contributed by atoms with E-state index in [9.17, 15) is 0 Å². The molecule has 0 atom stereocenters. The van der Waals surface area contributed by atoms with Crippen LogP contribution in [0.25, 0.3) is 0 Å². The standard InChI is InChI=1S/C6H13Br.Mg/c1-2-3-4-5-6-7;/h2-6H2,1H3;/q;+2. The minimum absolute atomic E-state index is 0. The average Bonchev–Trinajstić information content (AvgIpc) is 1.69. The van der Waals surface area contributed by atoms with Crippen LogP contribution in [-0.2, 0) is 0 Å². The maximum Gasteiger partial charge on any atom is 2.00 e. The van der Waals surface area contributed by atoms with Crippen LogP contribution in [-0.4, -0.2) is 28.4 Å². The summed E-state index contributed by atoms with van der Waals surface area (Å²) in [5.41, 5.74) is 0. The van der Waals surface area contributed by atoms with Gasteiger partial charge in [0.25, 0.3) is 0 Å². The molecular weight excluding hydrogens is 176 g/mol. The van der Waals surface area contributed by atoms with Gasteiger partial charge in [-0.3, -0.25) is 0 Å². The molecule has 0 aliphatic rings. The zero-order valence-electron chi connectivity index (χ0n) is 5.62. The third kappa shape index (κ3) is 10.3. The topological polar surface area (TPSA) is 0 Å². The van der Waals surface area contributed by atoms with Gasteiger partial charge in [-0.2, -0.15) is 0 Å². The summed E-state index contributed by atoms with van der Waals surface area (Å²) in [6.45, 7) is 2.23. The number of halogens is 1. The predicted molar refractivity (Wildman–Crippen MR) is 43.7 cm³/mol. The summed E-state index contributed by atoms with van der Waals surface area (Å²) in [6.07, 6.45) is 5.47. The molecule has 0 saturated carbocycles. The van der Waals surface area contributed by atoms with Crippen molar-refractivity contribution in [3.8, 4) is 0 Å². The van der Waals surface area contributed by atoms with Crippen LogP contribution in [0, 0.1) is 0 Å². The van der Waals surface area contributed by atoms with Crippen molar-refractivity contribution in [2.24, 2.45) is 0 Å². The van der Waals surface area contributed by atoms with Crippen LogP contribution in [0.15, 0.2) is 0 Å². The van der Waals surface area contributed by atoms with E-state index in [4.69, 9.17) is 0 Å². The Morgan fingerprint density at radius 1 is 1.12 bits per heavy atom. The van der Waals surface area contributed by atoms with Gasteiger partial charge in [0.2, 0.25) is 0 Å². The van der Waals surface area contributed by atoms with E-state index in [1.165, 1.54) is 31.0 Å². The van der Waals surface area contributed by atoms with E-state index in [2.05, 4.69) is 22.9 Å². The van der Waals surface area contributed by atoms with E-state index in [-0.39, 0.29) is 23.1 Å². The number of hydrogen-bond acceptors (Lipinski definition) is 0. The Bertz CT molecular complexity index is 27.7. The van der Waals surface area contributed by atoms with Crippen LogP contribution in [0.2, 0.25) is 0 Å². The second-order valence-corrected chi connectivity index (χ2v) is 2.54. The van der Waals surface area contributed by atoms with E-state index in [0.29, 0.717) is 0 Å². The van der Waals surface area contributed by atoms with Crippen molar-refractivity contribution >= 4 is 39.0 Å². The predicted octanol–water partition coefficient (Wildman–Crippen LogP) is 2.58. The van der Waals surface area contributed by atoms with Crippen molar-refractivity contribution < 1.29 is 0 Å². The summed E-state index contributed by atoms with van der Waals surface area (Å²) in [5.74, 6) is 0. The molecule has 0 rings (SSSR count). The van der Waals surface area contributed by atoms with Gasteiger partial charge >= 0.3 is 23.1 Å². The first kappa shape index (κ1) is 12.0. The van der Waals surface area contributed by atoms with E-state index in [1.807, 2.05) is 0 Å². The van der Waals surface area contributed by atoms with Crippen LogP contribution >= 0.6 is 15.9 Å². The summed E-state index contributed by atoms with van der Waals surface area (Å²) in [5, 5.41) is 1.17. The Morgan fingerprint density at radius 3 is 2.12 bits per heavy atom. The molecule has 0 heterocycles. The summed E-state index contributed by atoms with van der Waals surface area (Å²) in [4.78, 5) is 0. The van der Waals surface area contributed by atoms with Crippen LogP contribution < -0.4 is 0 Å². The molecule has 0 N–H and O–H groups in total. The summed E-state index contributed by atoms with van der Waals surface area (Å²) in [7, 11) is 0.